The number of aromatic nitrogens is 1. The van der Waals surface area contributed by atoms with Gasteiger partial charge in [-0.15, -0.1) is 0 Å². The van der Waals surface area contributed by atoms with Gasteiger partial charge in [0.2, 0.25) is 0 Å². The Balaban J connectivity index is 0.00000192. The summed E-state index contributed by atoms with van der Waals surface area (Å²) in [6, 6.07) is 8.20. The highest BCUT2D eigenvalue weighted by molar-refractivity contribution is 6.04. The van der Waals surface area contributed by atoms with Gasteiger partial charge in [-0.2, -0.15) is 0 Å². The van der Waals surface area contributed by atoms with Crippen molar-refractivity contribution in [3.8, 4) is 0 Å². The van der Waals surface area contributed by atoms with Crippen LogP contribution in [0.4, 0.5) is 0 Å². The van der Waals surface area contributed by atoms with E-state index < -0.39 is 0 Å². The van der Waals surface area contributed by atoms with E-state index in [-0.39, 0.29) is 36.0 Å². The molecule has 5 heteroatoms. The minimum absolute atomic E-state index is 0. The van der Waals surface area contributed by atoms with Gasteiger partial charge in [0, 0.05) is 23.5 Å². The van der Waals surface area contributed by atoms with Gasteiger partial charge in [0.15, 0.2) is 6.10 Å². The van der Waals surface area contributed by atoms with Crippen LogP contribution < -0.4 is 24.0 Å². The van der Waals surface area contributed by atoms with Gasteiger partial charge in [-0.25, -0.2) is 4.79 Å². The number of rotatable bonds is 3. The van der Waals surface area contributed by atoms with Crippen LogP contribution in [0.1, 0.15) is 36.5 Å². The summed E-state index contributed by atoms with van der Waals surface area (Å²) in [5.41, 5.74) is 1.60. The van der Waals surface area contributed by atoms with Gasteiger partial charge in [0.25, 0.3) is 0 Å². The zero-order valence-corrected chi connectivity index (χ0v) is 16.2. The number of benzene rings is 1. The molecule has 2 aromatic rings. The van der Waals surface area contributed by atoms with E-state index in [1.165, 1.54) is 12.8 Å². The van der Waals surface area contributed by atoms with Gasteiger partial charge in [0.05, 0.1) is 26.2 Å². The fraction of sp³-hybridized carbons (Fsp3) is 0.500. The Morgan fingerprint density at radius 3 is 2.78 bits per heavy atom. The summed E-state index contributed by atoms with van der Waals surface area (Å²) in [5.74, 6) is -0.226. The summed E-state index contributed by atoms with van der Waals surface area (Å²) in [7, 11) is 4.47. The number of quaternary nitrogens is 1. The van der Waals surface area contributed by atoms with Crippen molar-refractivity contribution < 1.29 is 38.0 Å². The summed E-state index contributed by atoms with van der Waals surface area (Å²) in [5, 5.41) is 0.928. The fourth-order valence-corrected chi connectivity index (χ4v) is 3.74. The van der Waals surface area contributed by atoms with Crippen molar-refractivity contribution >= 4 is 16.9 Å². The largest absolute Gasteiger partial charge is 1.00 e. The number of para-hydroxylation sites is 1. The highest BCUT2D eigenvalue weighted by Crippen LogP contribution is 2.27. The first-order chi connectivity index (χ1) is 10.5. The number of carbonyl (C=O) groups excluding carboxylic acids is 1. The molecule has 0 bridgehead atoms. The molecule has 0 aliphatic carbocycles. The predicted molar refractivity (Wildman–Crippen MR) is 87.8 cm³/mol. The van der Waals surface area contributed by atoms with Gasteiger partial charge in [0.1, 0.15) is 6.04 Å². The second-order valence-corrected chi connectivity index (χ2v) is 6.92. The molecule has 1 N–H and O–H groups in total. The monoisotopic (exact) mass is 428 g/mol. The molecular weight excluding hydrogens is 403 g/mol. The van der Waals surface area contributed by atoms with Crippen molar-refractivity contribution in [3.63, 3.8) is 0 Å². The van der Waals surface area contributed by atoms with Gasteiger partial charge < -0.3 is 38.2 Å². The SMILES string of the molecule is CC(OC(=O)c1c[nH]c2ccccc12)C1CCCC[N+]1(C)C.[I-]. The number of likely N-dealkylation sites (N-methyl/N-ethyl adjacent to an activating group) is 1. The quantitative estimate of drug-likeness (QED) is 0.436. The summed E-state index contributed by atoms with van der Waals surface area (Å²) in [6.07, 6.45) is 5.28. The number of hydrogen-bond donors (Lipinski definition) is 1. The number of piperidine rings is 1. The molecule has 0 radical (unpaired) electrons. The second kappa shape index (κ2) is 7.21. The Morgan fingerprint density at radius 2 is 2.04 bits per heavy atom. The Kier molecular flexibility index (Phi) is 5.73. The molecule has 1 aliphatic rings. The van der Waals surface area contributed by atoms with Crippen molar-refractivity contribution in [2.75, 3.05) is 20.6 Å². The molecule has 0 amide bonds. The number of nitrogens with zero attached hydrogens (tertiary/aromatic N) is 1. The number of ether oxygens (including phenoxy) is 1. The molecule has 1 saturated heterocycles. The third-order valence-corrected chi connectivity index (χ3v) is 5.03. The summed E-state index contributed by atoms with van der Waals surface area (Å²) in [4.78, 5) is 15.7. The van der Waals surface area contributed by atoms with E-state index in [0.29, 0.717) is 11.6 Å². The second-order valence-electron chi connectivity index (χ2n) is 6.92. The lowest BCUT2D eigenvalue weighted by Crippen LogP contribution is -3.00. The molecule has 0 saturated carbocycles. The molecule has 2 unspecified atom stereocenters. The maximum absolute atomic E-state index is 12.5. The summed E-state index contributed by atoms with van der Waals surface area (Å²) >= 11 is 0. The molecule has 4 nitrogen and oxygen atoms in total. The van der Waals surface area contributed by atoms with Crippen LogP contribution in [0.2, 0.25) is 0 Å². The molecule has 1 fully saturated rings. The fourth-order valence-electron chi connectivity index (χ4n) is 3.74. The number of aromatic amines is 1. The standard InChI is InChI=1S/C18H24N2O2.HI/c1-13(17-10-6-7-11-20(17,2)3)22-18(21)15-12-19-16-9-5-4-8-14(15)16;/h4-5,8-9,12-13,17H,6-7,10-11H2,1-3H3;1H. The average molecular weight is 428 g/mol. The van der Waals surface area contributed by atoms with E-state index >= 15 is 0 Å². The number of nitrogens with one attached hydrogen (secondary N) is 1. The summed E-state index contributed by atoms with van der Waals surface area (Å²) < 4.78 is 6.74. The summed E-state index contributed by atoms with van der Waals surface area (Å²) in [6.45, 7) is 3.18. The number of esters is 1. The maximum atomic E-state index is 12.5. The minimum atomic E-state index is -0.226. The molecule has 1 aromatic carbocycles. The highest BCUT2D eigenvalue weighted by Gasteiger charge is 2.37. The number of carbonyl (C=O) groups is 1. The lowest BCUT2D eigenvalue weighted by molar-refractivity contribution is -0.923. The Morgan fingerprint density at radius 1 is 1.30 bits per heavy atom. The van der Waals surface area contributed by atoms with Gasteiger partial charge >= 0.3 is 5.97 Å². The van der Waals surface area contributed by atoms with Crippen LogP contribution in [0.3, 0.4) is 0 Å². The van der Waals surface area contributed by atoms with Crippen molar-refractivity contribution in [3.05, 3.63) is 36.0 Å². The zero-order chi connectivity index (χ0) is 15.7. The molecule has 1 aliphatic heterocycles. The average Bonchev–Trinajstić information content (AvgIpc) is 2.90. The first kappa shape index (κ1) is 18.3. The number of likely N-dealkylation sites (tertiary alicyclic amines) is 1. The lowest BCUT2D eigenvalue weighted by Gasteiger charge is -2.43. The molecule has 1 aromatic heterocycles. The van der Waals surface area contributed by atoms with E-state index in [1.54, 1.807) is 6.20 Å². The van der Waals surface area contributed by atoms with Gasteiger partial charge in [-0.3, -0.25) is 0 Å². The van der Waals surface area contributed by atoms with Crippen LogP contribution in [0.5, 0.6) is 0 Å². The van der Waals surface area contributed by atoms with E-state index in [9.17, 15) is 4.79 Å². The van der Waals surface area contributed by atoms with Crippen LogP contribution in [0.15, 0.2) is 30.5 Å². The Bertz CT molecular complexity index is 680. The number of H-pyrrole nitrogens is 1. The van der Waals surface area contributed by atoms with E-state index in [2.05, 4.69) is 19.1 Å². The third kappa shape index (κ3) is 3.71. The van der Waals surface area contributed by atoms with Crippen molar-refractivity contribution in [2.24, 2.45) is 0 Å². The molecule has 126 valence electrons. The molecular formula is C18H25IN2O2. The molecule has 0 spiro atoms. The Labute approximate surface area is 154 Å². The highest BCUT2D eigenvalue weighted by atomic mass is 127. The van der Waals surface area contributed by atoms with E-state index in [1.807, 2.05) is 31.2 Å². The van der Waals surface area contributed by atoms with E-state index in [0.717, 1.165) is 28.4 Å². The molecule has 2 heterocycles. The van der Waals surface area contributed by atoms with Crippen molar-refractivity contribution in [1.29, 1.82) is 0 Å². The smallest absolute Gasteiger partial charge is 0.340 e. The topological polar surface area (TPSA) is 42.1 Å². The molecule has 23 heavy (non-hydrogen) atoms. The van der Waals surface area contributed by atoms with Crippen LogP contribution in [-0.4, -0.2) is 48.2 Å². The van der Waals surface area contributed by atoms with Crippen molar-refractivity contribution in [1.82, 2.24) is 4.98 Å². The lowest BCUT2D eigenvalue weighted by atomic mass is 9.96. The van der Waals surface area contributed by atoms with Crippen molar-refractivity contribution in [2.45, 2.75) is 38.3 Å². The minimum Gasteiger partial charge on any atom is -1.00 e. The number of halogens is 1. The van der Waals surface area contributed by atoms with Crippen LogP contribution in [0.25, 0.3) is 10.9 Å². The van der Waals surface area contributed by atoms with Crippen LogP contribution in [-0.2, 0) is 4.74 Å². The number of hydrogen-bond acceptors (Lipinski definition) is 2. The van der Waals surface area contributed by atoms with Crippen LogP contribution >= 0.6 is 0 Å². The first-order valence-electron chi connectivity index (χ1n) is 8.09. The normalized spacial score (nSPS) is 21.4. The molecule has 3 rings (SSSR count). The van der Waals surface area contributed by atoms with Gasteiger partial charge in [-0.05, 0) is 25.8 Å². The predicted octanol–water partition coefficient (Wildman–Crippen LogP) is 0.346. The zero-order valence-electron chi connectivity index (χ0n) is 14.0. The molecule has 2 atom stereocenters. The number of fused-ring (bicyclic) bond motifs is 1. The van der Waals surface area contributed by atoms with E-state index in [4.69, 9.17) is 4.74 Å². The maximum Gasteiger partial charge on any atom is 0.340 e. The van der Waals surface area contributed by atoms with Crippen LogP contribution in [0, 0.1) is 0 Å². The Hall–Kier alpha value is -1.08. The third-order valence-electron chi connectivity index (χ3n) is 5.03. The first-order valence-corrected chi connectivity index (χ1v) is 8.09. The van der Waals surface area contributed by atoms with Gasteiger partial charge in [-0.1, -0.05) is 18.2 Å².